The van der Waals surface area contributed by atoms with Crippen LogP contribution in [0, 0.1) is 0 Å². The van der Waals surface area contributed by atoms with Gasteiger partial charge in [0.05, 0.1) is 11.4 Å². The second kappa shape index (κ2) is 19.4. The Morgan fingerprint density at radius 2 is 0.488 bits per heavy atom. The van der Waals surface area contributed by atoms with Crippen molar-refractivity contribution >= 4 is 77.2 Å². The number of hydrogen-bond acceptors (Lipinski definition) is 2. The van der Waals surface area contributed by atoms with Gasteiger partial charge in [0.15, 0.2) is 0 Å². The zero-order valence-electron chi connectivity index (χ0n) is 52.8. The molecule has 0 aromatic heterocycles. The van der Waals surface area contributed by atoms with Crippen molar-refractivity contribution in [3.63, 3.8) is 0 Å². The van der Waals surface area contributed by atoms with Gasteiger partial charge in [-0.25, -0.2) is 0 Å². The van der Waals surface area contributed by atoms with Gasteiger partial charge in [0, 0.05) is 44.4 Å². The molecule has 2 heteroatoms. The fourth-order valence-corrected chi connectivity index (χ4v) is 15.0. The van der Waals surface area contributed by atoms with Gasteiger partial charge >= 0.3 is 0 Å². The lowest BCUT2D eigenvalue weighted by atomic mass is 9.56. The molecule has 0 saturated heterocycles. The third-order valence-corrected chi connectivity index (χ3v) is 20.0. The van der Waals surface area contributed by atoms with E-state index >= 15 is 0 Å². The van der Waals surface area contributed by atoms with E-state index in [-0.39, 0.29) is 21.7 Å². The van der Waals surface area contributed by atoms with Gasteiger partial charge < -0.3 is 9.80 Å². The molecule has 0 aliphatic heterocycles. The lowest BCUT2D eigenvalue weighted by Crippen LogP contribution is -2.44. The summed E-state index contributed by atoms with van der Waals surface area (Å²) < 4.78 is 0. The van der Waals surface area contributed by atoms with Crippen molar-refractivity contribution in [2.75, 3.05) is 9.80 Å². The molecule has 0 radical (unpaired) electrons. The Balaban J connectivity index is 1.12. The van der Waals surface area contributed by atoms with Crippen LogP contribution in [0.25, 0.3) is 65.3 Å². The monoisotopic (exact) mass is 1120 g/mol. The van der Waals surface area contributed by atoms with Gasteiger partial charge in [-0.3, -0.25) is 0 Å². The van der Waals surface area contributed by atoms with Crippen molar-refractivity contribution in [3.05, 3.63) is 275 Å². The number of nitrogens with zero attached hydrogens (tertiary/aromatic N) is 2. The molecule has 2 nitrogen and oxygen atoms in total. The Kier molecular flexibility index (Phi) is 12.4. The van der Waals surface area contributed by atoms with E-state index < -0.39 is 10.8 Å². The van der Waals surface area contributed by atoms with Gasteiger partial charge in [-0.05, 0) is 181 Å². The molecule has 12 aromatic rings. The Morgan fingerprint density at radius 1 is 0.244 bits per heavy atom. The molecule has 12 aromatic carbocycles. The smallest absolute Gasteiger partial charge is 0.0543 e. The normalized spacial score (nSPS) is 16.6. The van der Waals surface area contributed by atoms with E-state index in [0.29, 0.717) is 0 Å². The van der Waals surface area contributed by atoms with Crippen LogP contribution in [0.1, 0.15) is 141 Å². The van der Waals surface area contributed by atoms with Crippen LogP contribution in [0.3, 0.4) is 0 Å². The fraction of sp³-hybridized carbons (Fsp3) is 0.238. The second-order valence-corrected chi connectivity index (χ2v) is 29.3. The summed E-state index contributed by atoms with van der Waals surface area (Å²) in [4.78, 5) is 5.10. The average molecular weight is 1120 g/mol. The first kappa shape index (κ1) is 55.2. The van der Waals surface area contributed by atoms with E-state index in [2.05, 4.69) is 337 Å². The second-order valence-electron chi connectivity index (χ2n) is 29.3. The molecule has 2 aliphatic carbocycles. The molecule has 0 fully saturated rings. The standard InChI is InChI=1S/C84H80N2/c1-79(2,3)55-33-41-59(42-34-55)85(60-43-35-56(36-44-60)80(4,5)6)73-51-71-77(67-29-21-19-27-65(67)73)75-63-25-17-15-23-53(63)31-49-69(75)83(71,13)84(14)70-50-32-54-24-16-18-26-64(54)76(70)78-68-30-22-20-28-66(68)74(52-72(78)84)86(61-45-37-57(38-46-61)81(7,8)9)62-47-39-58(40-48-62)82(10,11)12/h15-52H,1-14H3. The number of benzene rings is 12. The van der Waals surface area contributed by atoms with Crippen LogP contribution in [0.2, 0.25) is 0 Å². The Labute approximate surface area is 510 Å². The fourth-order valence-electron chi connectivity index (χ4n) is 15.0. The molecule has 426 valence electrons. The molecule has 14 rings (SSSR count). The Bertz CT molecular complexity index is 4250. The molecule has 0 heterocycles. The summed E-state index contributed by atoms with van der Waals surface area (Å²) in [7, 11) is 0. The number of fused-ring (bicyclic) bond motifs is 14. The summed E-state index contributed by atoms with van der Waals surface area (Å²) in [5.41, 5.74) is 21.4. The predicted molar refractivity (Wildman–Crippen MR) is 371 cm³/mol. The molecular formula is C84H80N2. The minimum atomic E-state index is -0.659. The van der Waals surface area contributed by atoms with Gasteiger partial charge in [0.2, 0.25) is 0 Å². The average Bonchev–Trinajstić information content (AvgIpc) is 1.49. The topological polar surface area (TPSA) is 6.48 Å². The zero-order chi connectivity index (χ0) is 60.0. The maximum Gasteiger partial charge on any atom is 0.0543 e. The van der Waals surface area contributed by atoms with E-state index in [1.807, 2.05) is 0 Å². The quantitative estimate of drug-likeness (QED) is 0.157. The predicted octanol–water partition coefficient (Wildman–Crippen LogP) is 23.7. The highest BCUT2D eigenvalue weighted by Gasteiger charge is 2.59. The summed E-state index contributed by atoms with van der Waals surface area (Å²) >= 11 is 0. The van der Waals surface area contributed by atoms with Crippen LogP contribution < -0.4 is 9.80 Å². The summed E-state index contributed by atoms with van der Waals surface area (Å²) in [6.07, 6.45) is 0. The van der Waals surface area contributed by atoms with Gasteiger partial charge in [-0.2, -0.15) is 0 Å². The van der Waals surface area contributed by atoms with Crippen molar-refractivity contribution in [2.24, 2.45) is 0 Å². The van der Waals surface area contributed by atoms with Gasteiger partial charge in [-0.1, -0.05) is 267 Å². The third kappa shape index (κ3) is 8.41. The summed E-state index contributed by atoms with van der Waals surface area (Å²) in [6, 6.07) is 89.4. The molecule has 2 aliphatic rings. The lowest BCUT2D eigenvalue weighted by molar-refractivity contribution is 0.376. The molecular weight excluding hydrogens is 1040 g/mol. The van der Waals surface area contributed by atoms with Crippen molar-refractivity contribution in [2.45, 2.75) is 129 Å². The molecule has 0 saturated carbocycles. The van der Waals surface area contributed by atoms with E-state index in [1.165, 1.54) is 110 Å². The highest BCUT2D eigenvalue weighted by atomic mass is 15.2. The summed E-state index contributed by atoms with van der Waals surface area (Å²) in [5.74, 6) is 0. The van der Waals surface area contributed by atoms with Crippen LogP contribution in [-0.4, -0.2) is 0 Å². The van der Waals surface area contributed by atoms with Crippen LogP contribution in [0.15, 0.2) is 231 Å². The van der Waals surface area contributed by atoms with Crippen LogP contribution in [0.4, 0.5) is 34.1 Å². The first-order valence-electron chi connectivity index (χ1n) is 31.2. The molecule has 2 atom stereocenters. The maximum absolute atomic E-state index is 2.63. The van der Waals surface area contributed by atoms with Crippen molar-refractivity contribution in [3.8, 4) is 22.3 Å². The first-order valence-corrected chi connectivity index (χ1v) is 31.2. The van der Waals surface area contributed by atoms with Crippen molar-refractivity contribution in [1.82, 2.24) is 0 Å². The van der Waals surface area contributed by atoms with E-state index in [1.54, 1.807) is 0 Å². The molecule has 0 amide bonds. The van der Waals surface area contributed by atoms with Gasteiger partial charge in [0.25, 0.3) is 0 Å². The van der Waals surface area contributed by atoms with Crippen molar-refractivity contribution in [1.29, 1.82) is 0 Å². The molecule has 0 spiro atoms. The van der Waals surface area contributed by atoms with E-state index in [9.17, 15) is 0 Å². The number of anilines is 6. The van der Waals surface area contributed by atoms with Crippen LogP contribution in [-0.2, 0) is 32.5 Å². The highest BCUT2D eigenvalue weighted by molar-refractivity contribution is 6.18. The minimum Gasteiger partial charge on any atom is -0.310 e. The molecule has 0 bridgehead atoms. The largest absolute Gasteiger partial charge is 0.310 e. The van der Waals surface area contributed by atoms with Crippen LogP contribution >= 0.6 is 0 Å². The van der Waals surface area contributed by atoms with Gasteiger partial charge in [-0.15, -0.1) is 0 Å². The summed E-state index contributed by atoms with van der Waals surface area (Å²) in [5, 5.41) is 10.0. The minimum absolute atomic E-state index is 0.00102. The Morgan fingerprint density at radius 3 is 0.767 bits per heavy atom. The third-order valence-electron chi connectivity index (χ3n) is 20.0. The van der Waals surface area contributed by atoms with Crippen molar-refractivity contribution < 1.29 is 0 Å². The number of hydrogen-bond donors (Lipinski definition) is 0. The maximum atomic E-state index is 2.63. The Hall–Kier alpha value is -8.72. The van der Waals surface area contributed by atoms with E-state index in [4.69, 9.17) is 0 Å². The lowest BCUT2D eigenvalue weighted by Gasteiger charge is -2.46. The highest BCUT2D eigenvalue weighted by Crippen LogP contribution is 2.69. The van der Waals surface area contributed by atoms with Crippen LogP contribution in [0.5, 0.6) is 0 Å². The SMILES string of the molecule is CC(C)(C)c1ccc(N(c2ccc(C(C)(C)C)cc2)c2cc3c(c4ccccc24)-c2c(ccc4ccccc24)C3(C)C2(C)c3ccc4ccccc4c3-c3c2cc(N(c2ccc(C(C)(C)C)cc2)c2ccc(C(C)(C)C)cc2)c2ccccc32)cc1. The zero-order valence-corrected chi connectivity index (χ0v) is 52.8. The summed E-state index contributed by atoms with van der Waals surface area (Å²) in [6.45, 7) is 32.9. The first-order chi connectivity index (χ1) is 41.0. The van der Waals surface area contributed by atoms with E-state index in [0.717, 1.165) is 34.1 Å². The molecule has 86 heavy (non-hydrogen) atoms. The molecule has 2 unspecified atom stereocenters. The number of rotatable bonds is 7. The van der Waals surface area contributed by atoms with Gasteiger partial charge in [0.1, 0.15) is 0 Å². The molecule has 0 N–H and O–H groups in total.